The summed E-state index contributed by atoms with van der Waals surface area (Å²) in [4.78, 5) is 1.98. The highest BCUT2D eigenvalue weighted by molar-refractivity contribution is 7.80. The molecule has 0 radical (unpaired) electrons. The van der Waals surface area contributed by atoms with E-state index in [0.29, 0.717) is 5.56 Å². The summed E-state index contributed by atoms with van der Waals surface area (Å²) in [6.45, 7) is 0. The largest absolute Gasteiger partial charge is 0.389 e. The van der Waals surface area contributed by atoms with Gasteiger partial charge in [0, 0.05) is 25.5 Å². The molecule has 84 valence electrons. The van der Waals surface area contributed by atoms with Gasteiger partial charge in [-0.2, -0.15) is 12.6 Å². The second kappa shape index (κ2) is 5.39. The van der Waals surface area contributed by atoms with Crippen molar-refractivity contribution < 1.29 is 10.2 Å². The molecule has 3 nitrogen and oxygen atoms in total. The van der Waals surface area contributed by atoms with Gasteiger partial charge in [0.2, 0.25) is 0 Å². The van der Waals surface area contributed by atoms with Gasteiger partial charge in [0.25, 0.3) is 0 Å². The molecule has 0 heterocycles. The Kier molecular flexibility index (Phi) is 4.45. The number of anilines is 1. The molecular formula is C11H17NO2S. The third kappa shape index (κ3) is 3.12. The van der Waals surface area contributed by atoms with Gasteiger partial charge in [0.1, 0.15) is 6.10 Å². The number of aliphatic hydroxyl groups is 2. The topological polar surface area (TPSA) is 43.7 Å². The summed E-state index contributed by atoms with van der Waals surface area (Å²) in [5.74, 6) is 0.247. The zero-order valence-electron chi connectivity index (χ0n) is 8.96. The van der Waals surface area contributed by atoms with Crippen molar-refractivity contribution >= 4 is 18.3 Å². The Bertz CT molecular complexity index is 300. The van der Waals surface area contributed by atoms with Crippen molar-refractivity contribution in [1.29, 1.82) is 0 Å². The first-order chi connectivity index (χ1) is 7.06. The molecule has 0 fully saturated rings. The van der Waals surface area contributed by atoms with E-state index in [1.165, 1.54) is 0 Å². The van der Waals surface area contributed by atoms with Gasteiger partial charge in [-0.25, -0.2) is 0 Å². The number of hydrogen-bond donors (Lipinski definition) is 3. The monoisotopic (exact) mass is 227 g/mol. The number of benzene rings is 1. The Morgan fingerprint density at radius 2 is 1.73 bits per heavy atom. The number of aliphatic hydroxyl groups excluding tert-OH is 2. The predicted octanol–water partition coefficient (Wildman–Crippen LogP) is 1.08. The van der Waals surface area contributed by atoms with Gasteiger partial charge >= 0.3 is 0 Å². The Labute approximate surface area is 95.8 Å². The van der Waals surface area contributed by atoms with Crippen molar-refractivity contribution in [1.82, 2.24) is 0 Å². The van der Waals surface area contributed by atoms with E-state index in [1.807, 2.05) is 43.3 Å². The Morgan fingerprint density at radius 1 is 1.20 bits per heavy atom. The van der Waals surface area contributed by atoms with Crippen molar-refractivity contribution in [2.24, 2.45) is 0 Å². The first-order valence-corrected chi connectivity index (χ1v) is 5.43. The minimum absolute atomic E-state index is 0.247. The highest BCUT2D eigenvalue weighted by atomic mass is 32.1. The summed E-state index contributed by atoms with van der Waals surface area (Å²) in [5.41, 5.74) is 1.77. The lowest BCUT2D eigenvalue weighted by Crippen LogP contribution is -2.19. The molecule has 2 N–H and O–H groups in total. The predicted molar refractivity (Wildman–Crippen MR) is 65.6 cm³/mol. The summed E-state index contributed by atoms with van der Waals surface area (Å²) < 4.78 is 0. The third-order valence-corrected chi connectivity index (χ3v) is 2.68. The fourth-order valence-electron chi connectivity index (χ4n) is 1.29. The van der Waals surface area contributed by atoms with Crippen molar-refractivity contribution in [2.45, 2.75) is 12.2 Å². The van der Waals surface area contributed by atoms with E-state index in [9.17, 15) is 10.2 Å². The molecule has 1 rings (SSSR count). The average Bonchev–Trinajstić information content (AvgIpc) is 2.27. The van der Waals surface area contributed by atoms with Crippen LogP contribution in [0.15, 0.2) is 24.3 Å². The quantitative estimate of drug-likeness (QED) is 0.674. The van der Waals surface area contributed by atoms with Crippen LogP contribution in [0, 0.1) is 0 Å². The summed E-state index contributed by atoms with van der Waals surface area (Å²) >= 11 is 3.94. The van der Waals surface area contributed by atoms with Crippen LogP contribution in [0.2, 0.25) is 0 Å². The van der Waals surface area contributed by atoms with Crippen LogP contribution >= 0.6 is 12.6 Å². The van der Waals surface area contributed by atoms with Crippen LogP contribution in [0.3, 0.4) is 0 Å². The van der Waals surface area contributed by atoms with Crippen LogP contribution in [0.25, 0.3) is 0 Å². The molecule has 2 unspecified atom stereocenters. The molecule has 0 aliphatic rings. The maximum Gasteiger partial charge on any atom is 0.106 e. The van der Waals surface area contributed by atoms with Crippen LogP contribution in [0.4, 0.5) is 5.69 Å². The summed E-state index contributed by atoms with van der Waals surface area (Å²) in [6.07, 6.45) is -1.68. The van der Waals surface area contributed by atoms with Crippen LogP contribution in [-0.4, -0.2) is 36.2 Å². The number of hydrogen-bond acceptors (Lipinski definition) is 4. The number of rotatable bonds is 4. The fourth-order valence-corrected chi connectivity index (χ4v) is 1.49. The first kappa shape index (κ1) is 12.4. The van der Waals surface area contributed by atoms with Crippen LogP contribution < -0.4 is 4.90 Å². The highest BCUT2D eigenvalue weighted by Gasteiger charge is 2.16. The third-order valence-electron chi connectivity index (χ3n) is 2.30. The number of thiol groups is 1. The molecule has 0 aromatic heterocycles. The molecule has 15 heavy (non-hydrogen) atoms. The molecule has 4 heteroatoms. The second-order valence-electron chi connectivity index (χ2n) is 3.68. The molecule has 0 aliphatic heterocycles. The van der Waals surface area contributed by atoms with Crippen LogP contribution in [0.1, 0.15) is 11.7 Å². The molecule has 0 saturated carbocycles. The molecular weight excluding hydrogens is 210 g/mol. The molecule has 0 saturated heterocycles. The smallest absolute Gasteiger partial charge is 0.106 e. The SMILES string of the molecule is CN(C)c1ccc(C(O)C(O)CS)cc1. The van der Waals surface area contributed by atoms with Crippen LogP contribution in [-0.2, 0) is 0 Å². The highest BCUT2D eigenvalue weighted by Crippen LogP contribution is 2.20. The number of nitrogens with zero attached hydrogens (tertiary/aromatic N) is 1. The summed E-state index contributed by atoms with van der Waals surface area (Å²) in [7, 11) is 3.90. The molecule has 0 aliphatic carbocycles. The standard InChI is InChI=1S/C11H17NO2S/c1-12(2)9-5-3-8(4-6-9)11(14)10(13)7-15/h3-6,10-11,13-15H,7H2,1-2H3. The van der Waals surface area contributed by atoms with Gasteiger partial charge in [0.05, 0.1) is 6.10 Å². The first-order valence-electron chi connectivity index (χ1n) is 4.80. The Hall–Kier alpha value is -0.710. The van der Waals surface area contributed by atoms with E-state index in [4.69, 9.17) is 0 Å². The van der Waals surface area contributed by atoms with E-state index in [-0.39, 0.29) is 5.75 Å². The molecule has 1 aromatic rings. The molecule has 0 bridgehead atoms. The van der Waals surface area contributed by atoms with Gasteiger partial charge in [-0.3, -0.25) is 0 Å². The minimum atomic E-state index is -0.862. The average molecular weight is 227 g/mol. The van der Waals surface area contributed by atoms with Crippen LogP contribution in [0.5, 0.6) is 0 Å². The molecule has 2 atom stereocenters. The summed E-state index contributed by atoms with van der Waals surface area (Å²) in [6, 6.07) is 7.44. The maximum absolute atomic E-state index is 9.71. The molecule has 0 amide bonds. The normalized spacial score (nSPS) is 14.7. The Balaban J connectivity index is 2.79. The maximum atomic E-state index is 9.71. The summed E-state index contributed by atoms with van der Waals surface area (Å²) in [5, 5.41) is 19.1. The van der Waals surface area contributed by atoms with Gasteiger partial charge < -0.3 is 15.1 Å². The minimum Gasteiger partial charge on any atom is -0.389 e. The lowest BCUT2D eigenvalue weighted by Gasteiger charge is -2.18. The van der Waals surface area contributed by atoms with E-state index in [2.05, 4.69) is 12.6 Å². The van der Waals surface area contributed by atoms with E-state index in [0.717, 1.165) is 5.69 Å². The van der Waals surface area contributed by atoms with Crippen molar-refractivity contribution in [2.75, 3.05) is 24.7 Å². The van der Waals surface area contributed by atoms with Gasteiger partial charge in [-0.1, -0.05) is 12.1 Å². The van der Waals surface area contributed by atoms with Crippen molar-refractivity contribution in [3.05, 3.63) is 29.8 Å². The lowest BCUT2D eigenvalue weighted by atomic mass is 10.1. The fraction of sp³-hybridized carbons (Fsp3) is 0.455. The Morgan fingerprint density at radius 3 is 2.13 bits per heavy atom. The van der Waals surface area contributed by atoms with Gasteiger partial charge in [-0.15, -0.1) is 0 Å². The van der Waals surface area contributed by atoms with E-state index in [1.54, 1.807) is 0 Å². The zero-order chi connectivity index (χ0) is 11.4. The van der Waals surface area contributed by atoms with Gasteiger partial charge in [-0.05, 0) is 17.7 Å². The van der Waals surface area contributed by atoms with Crippen molar-refractivity contribution in [3.8, 4) is 0 Å². The zero-order valence-corrected chi connectivity index (χ0v) is 9.85. The van der Waals surface area contributed by atoms with E-state index < -0.39 is 12.2 Å². The lowest BCUT2D eigenvalue weighted by molar-refractivity contribution is 0.0338. The molecule has 1 aromatic carbocycles. The van der Waals surface area contributed by atoms with E-state index >= 15 is 0 Å². The molecule has 0 spiro atoms. The second-order valence-corrected chi connectivity index (χ2v) is 4.05. The van der Waals surface area contributed by atoms with Gasteiger partial charge in [0.15, 0.2) is 0 Å². The van der Waals surface area contributed by atoms with Crippen molar-refractivity contribution in [3.63, 3.8) is 0 Å².